The minimum Gasteiger partial charge on any atom is -0.487 e. The first-order valence-corrected chi connectivity index (χ1v) is 6.09. The zero-order chi connectivity index (χ0) is 15.1. The van der Waals surface area contributed by atoms with E-state index in [-0.39, 0.29) is 36.1 Å². The van der Waals surface area contributed by atoms with E-state index in [1.807, 2.05) is 6.07 Å². The smallest absolute Gasteiger partial charge is 0.311 e. The molecular weight excluding hydrogens is 262 g/mol. The third kappa shape index (κ3) is 3.68. The van der Waals surface area contributed by atoms with Gasteiger partial charge in [-0.2, -0.15) is 5.26 Å². The van der Waals surface area contributed by atoms with E-state index >= 15 is 0 Å². The standard InChI is InChI=1S/C13H15N3O4/c1-3-20-12-10(5-4-6-11(12)16(18)19)13(17)15-8-9(2)7-14/h4-6,9H,3,8H2,1-2H3,(H,15,17). The van der Waals surface area contributed by atoms with Crippen LogP contribution in [-0.2, 0) is 0 Å². The summed E-state index contributed by atoms with van der Waals surface area (Å²) in [6.45, 7) is 3.72. The van der Waals surface area contributed by atoms with Crippen molar-refractivity contribution in [1.82, 2.24) is 5.32 Å². The topological polar surface area (TPSA) is 105 Å². The van der Waals surface area contributed by atoms with E-state index in [1.165, 1.54) is 18.2 Å². The lowest BCUT2D eigenvalue weighted by molar-refractivity contribution is -0.385. The lowest BCUT2D eigenvalue weighted by atomic mass is 10.1. The highest BCUT2D eigenvalue weighted by atomic mass is 16.6. The Kier molecular flexibility index (Phi) is 5.47. The molecule has 0 radical (unpaired) electrons. The van der Waals surface area contributed by atoms with Gasteiger partial charge in [0, 0.05) is 12.6 Å². The van der Waals surface area contributed by atoms with E-state index in [0.29, 0.717) is 0 Å². The first-order chi connectivity index (χ1) is 9.51. The van der Waals surface area contributed by atoms with Crippen molar-refractivity contribution in [1.29, 1.82) is 5.26 Å². The maximum atomic E-state index is 12.0. The summed E-state index contributed by atoms with van der Waals surface area (Å²) >= 11 is 0. The molecule has 1 aromatic carbocycles. The third-order valence-corrected chi connectivity index (χ3v) is 2.51. The SMILES string of the molecule is CCOc1c(C(=O)NCC(C)C#N)cccc1[N+](=O)[O-]. The summed E-state index contributed by atoms with van der Waals surface area (Å²) in [6.07, 6.45) is 0. The van der Waals surface area contributed by atoms with Crippen LogP contribution < -0.4 is 10.1 Å². The van der Waals surface area contributed by atoms with Gasteiger partial charge in [0.1, 0.15) is 0 Å². The molecule has 0 bridgehead atoms. The molecule has 0 saturated heterocycles. The Hall–Kier alpha value is -2.62. The van der Waals surface area contributed by atoms with Crippen molar-refractivity contribution in [3.63, 3.8) is 0 Å². The highest BCUT2D eigenvalue weighted by Crippen LogP contribution is 2.30. The predicted molar refractivity (Wildman–Crippen MR) is 71.4 cm³/mol. The van der Waals surface area contributed by atoms with E-state index in [9.17, 15) is 14.9 Å². The molecule has 1 aromatic rings. The normalized spacial score (nSPS) is 11.2. The molecule has 1 atom stereocenters. The number of amides is 1. The average Bonchev–Trinajstić information content (AvgIpc) is 2.44. The zero-order valence-corrected chi connectivity index (χ0v) is 11.3. The monoisotopic (exact) mass is 277 g/mol. The summed E-state index contributed by atoms with van der Waals surface area (Å²) in [5, 5.41) is 22.1. The number of carbonyl (C=O) groups excluding carboxylic acids is 1. The number of carbonyl (C=O) groups is 1. The first-order valence-electron chi connectivity index (χ1n) is 6.09. The molecule has 1 unspecified atom stereocenters. The molecule has 0 heterocycles. The molecular formula is C13H15N3O4. The van der Waals surface area contributed by atoms with Gasteiger partial charge in [0.2, 0.25) is 5.75 Å². The fraction of sp³-hybridized carbons (Fsp3) is 0.385. The van der Waals surface area contributed by atoms with Gasteiger partial charge in [-0.25, -0.2) is 0 Å². The molecule has 0 aliphatic rings. The number of rotatable bonds is 6. The van der Waals surface area contributed by atoms with E-state index in [2.05, 4.69) is 5.32 Å². The second-order valence-corrected chi connectivity index (χ2v) is 4.08. The van der Waals surface area contributed by atoms with E-state index < -0.39 is 10.8 Å². The number of hydrogen-bond acceptors (Lipinski definition) is 5. The Morgan fingerprint density at radius 3 is 2.85 bits per heavy atom. The minimum absolute atomic E-state index is 0.0536. The van der Waals surface area contributed by atoms with Crippen molar-refractivity contribution < 1.29 is 14.5 Å². The fourth-order valence-corrected chi connectivity index (χ4v) is 1.53. The van der Waals surface area contributed by atoms with E-state index in [0.717, 1.165) is 0 Å². The molecule has 1 N–H and O–H groups in total. The van der Waals surface area contributed by atoms with Gasteiger partial charge in [-0.1, -0.05) is 6.07 Å². The summed E-state index contributed by atoms with van der Waals surface area (Å²) < 4.78 is 5.22. The van der Waals surface area contributed by atoms with Gasteiger partial charge >= 0.3 is 5.69 Å². The quantitative estimate of drug-likeness (QED) is 0.631. The van der Waals surface area contributed by atoms with Gasteiger partial charge in [0.05, 0.1) is 29.1 Å². The molecule has 20 heavy (non-hydrogen) atoms. The van der Waals surface area contributed by atoms with Crippen LogP contribution in [-0.4, -0.2) is 24.0 Å². The van der Waals surface area contributed by atoms with Crippen LogP contribution in [0.3, 0.4) is 0 Å². The van der Waals surface area contributed by atoms with Crippen LogP contribution in [0.5, 0.6) is 5.75 Å². The van der Waals surface area contributed by atoms with Crippen molar-refractivity contribution in [3.05, 3.63) is 33.9 Å². The summed E-state index contributed by atoms with van der Waals surface area (Å²) in [6, 6.07) is 6.13. The number of nitro benzene ring substituents is 1. The molecule has 7 heteroatoms. The Balaban J connectivity index is 3.04. The van der Waals surface area contributed by atoms with Gasteiger partial charge in [0.15, 0.2) is 0 Å². The molecule has 0 fully saturated rings. The molecule has 0 spiro atoms. The maximum absolute atomic E-state index is 12.0. The first kappa shape index (κ1) is 15.4. The summed E-state index contributed by atoms with van der Waals surface area (Å²) in [5.74, 6) is -0.894. The fourth-order valence-electron chi connectivity index (χ4n) is 1.53. The molecule has 0 saturated carbocycles. The van der Waals surface area contributed by atoms with Crippen LogP contribution in [0.25, 0.3) is 0 Å². The number of nitrogens with one attached hydrogen (secondary N) is 1. The van der Waals surface area contributed by atoms with Crippen LogP contribution in [0.15, 0.2) is 18.2 Å². The second kappa shape index (κ2) is 7.09. The van der Waals surface area contributed by atoms with Gasteiger partial charge in [-0.15, -0.1) is 0 Å². The molecule has 0 aliphatic heterocycles. The number of nitro groups is 1. The molecule has 106 valence electrons. The second-order valence-electron chi connectivity index (χ2n) is 4.08. The van der Waals surface area contributed by atoms with Gasteiger partial charge in [0.25, 0.3) is 5.91 Å². The number of nitriles is 1. The Labute approximate surface area is 116 Å². The number of benzene rings is 1. The predicted octanol–water partition coefficient (Wildman–Crippen LogP) is 1.88. The Morgan fingerprint density at radius 1 is 1.60 bits per heavy atom. The van der Waals surface area contributed by atoms with Crippen molar-refractivity contribution in [2.45, 2.75) is 13.8 Å². The third-order valence-electron chi connectivity index (χ3n) is 2.51. The zero-order valence-electron chi connectivity index (χ0n) is 11.3. The minimum atomic E-state index is -0.598. The largest absolute Gasteiger partial charge is 0.487 e. The van der Waals surface area contributed by atoms with Crippen molar-refractivity contribution in [2.24, 2.45) is 5.92 Å². The molecule has 0 aliphatic carbocycles. The van der Waals surface area contributed by atoms with Crippen LogP contribution in [0, 0.1) is 27.4 Å². The summed E-state index contributed by atoms with van der Waals surface area (Å²) in [5.41, 5.74) is -0.168. The van der Waals surface area contributed by atoms with Crippen molar-refractivity contribution in [3.8, 4) is 11.8 Å². The van der Waals surface area contributed by atoms with Crippen LogP contribution in [0.1, 0.15) is 24.2 Å². The van der Waals surface area contributed by atoms with E-state index in [4.69, 9.17) is 10.00 Å². The summed E-state index contributed by atoms with van der Waals surface area (Å²) in [7, 11) is 0. The highest BCUT2D eigenvalue weighted by molar-refractivity contribution is 5.98. The van der Waals surface area contributed by atoms with Crippen molar-refractivity contribution in [2.75, 3.05) is 13.2 Å². The van der Waals surface area contributed by atoms with Crippen LogP contribution in [0.2, 0.25) is 0 Å². The van der Waals surface area contributed by atoms with Crippen molar-refractivity contribution >= 4 is 11.6 Å². The van der Waals surface area contributed by atoms with Gasteiger partial charge < -0.3 is 10.1 Å². The highest BCUT2D eigenvalue weighted by Gasteiger charge is 2.23. The molecule has 1 amide bonds. The number of para-hydroxylation sites is 1. The average molecular weight is 277 g/mol. The van der Waals surface area contributed by atoms with Gasteiger partial charge in [-0.05, 0) is 19.9 Å². The summed E-state index contributed by atoms with van der Waals surface area (Å²) in [4.78, 5) is 22.3. The lowest BCUT2D eigenvalue weighted by Crippen LogP contribution is -2.28. The maximum Gasteiger partial charge on any atom is 0.311 e. The Morgan fingerprint density at radius 2 is 2.30 bits per heavy atom. The number of hydrogen-bond donors (Lipinski definition) is 1. The number of nitrogens with zero attached hydrogens (tertiary/aromatic N) is 2. The van der Waals surface area contributed by atoms with E-state index in [1.54, 1.807) is 13.8 Å². The van der Waals surface area contributed by atoms with Crippen LogP contribution >= 0.6 is 0 Å². The number of ether oxygens (including phenoxy) is 1. The Bertz CT molecular complexity index is 551. The van der Waals surface area contributed by atoms with Gasteiger partial charge in [-0.3, -0.25) is 14.9 Å². The lowest BCUT2D eigenvalue weighted by Gasteiger charge is -2.11. The molecule has 7 nitrogen and oxygen atoms in total. The van der Waals surface area contributed by atoms with Crippen LogP contribution in [0.4, 0.5) is 5.69 Å². The molecule has 1 rings (SSSR count). The molecule has 0 aromatic heterocycles.